The third-order valence-corrected chi connectivity index (χ3v) is 4.14. The first-order valence-corrected chi connectivity index (χ1v) is 8.58. The Balaban J connectivity index is 1.92. The molecule has 5 nitrogen and oxygen atoms in total. The fourth-order valence-electron chi connectivity index (χ4n) is 2.17. The van der Waals surface area contributed by atoms with Gasteiger partial charge < -0.3 is 4.74 Å². The highest BCUT2D eigenvalue weighted by Crippen LogP contribution is 2.25. The molecule has 0 unspecified atom stereocenters. The van der Waals surface area contributed by atoms with Crippen molar-refractivity contribution < 1.29 is 4.74 Å². The maximum absolute atomic E-state index is 5.51. The summed E-state index contributed by atoms with van der Waals surface area (Å²) >= 11 is 8.77. The van der Waals surface area contributed by atoms with Crippen molar-refractivity contribution in [3.05, 3.63) is 63.3 Å². The van der Waals surface area contributed by atoms with Crippen LogP contribution in [0.5, 0.6) is 5.75 Å². The van der Waals surface area contributed by atoms with Crippen LogP contribution in [0.25, 0.3) is 11.4 Å². The molecule has 0 amide bonds. The predicted molar refractivity (Wildman–Crippen MR) is 101 cm³/mol. The number of halogens is 1. The molecule has 0 aliphatic carbocycles. The van der Waals surface area contributed by atoms with Crippen molar-refractivity contribution in [1.82, 2.24) is 14.9 Å². The topological polar surface area (TPSA) is 55.2 Å². The van der Waals surface area contributed by atoms with E-state index >= 15 is 0 Å². The fraction of sp³-hybridized carbons (Fsp3) is 0.118. The molecule has 1 aromatic heterocycles. The van der Waals surface area contributed by atoms with Gasteiger partial charge in [0.2, 0.25) is 4.77 Å². The summed E-state index contributed by atoms with van der Waals surface area (Å²) in [5.74, 6) is 1.47. The second-order valence-corrected chi connectivity index (χ2v) is 6.14. The van der Waals surface area contributed by atoms with Crippen molar-refractivity contribution in [1.29, 1.82) is 0 Å². The number of hydrogen-bond donors (Lipinski definition) is 1. The zero-order valence-electron chi connectivity index (χ0n) is 12.9. The molecule has 0 atom stereocenters. The Morgan fingerprint density at radius 3 is 2.79 bits per heavy atom. The van der Waals surface area contributed by atoms with Gasteiger partial charge in [-0.05, 0) is 58.8 Å². The Labute approximate surface area is 153 Å². The maximum Gasteiger partial charge on any atom is 0.216 e. The molecule has 0 aliphatic rings. The largest absolute Gasteiger partial charge is 0.493 e. The molecule has 122 valence electrons. The summed E-state index contributed by atoms with van der Waals surface area (Å²) in [6.07, 6.45) is 1.73. The Morgan fingerprint density at radius 1 is 1.29 bits per heavy atom. The molecule has 0 saturated carbocycles. The van der Waals surface area contributed by atoms with Gasteiger partial charge in [-0.3, -0.25) is 0 Å². The van der Waals surface area contributed by atoms with Crippen LogP contribution in [0.2, 0.25) is 0 Å². The Kier molecular flexibility index (Phi) is 5.22. The van der Waals surface area contributed by atoms with Crippen molar-refractivity contribution in [3.63, 3.8) is 0 Å². The summed E-state index contributed by atoms with van der Waals surface area (Å²) in [5.41, 5.74) is 1.86. The molecule has 1 heterocycles. The number of ether oxygens (including phenoxy) is 1. The van der Waals surface area contributed by atoms with E-state index in [1.54, 1.807) is 10.9 Å². The smallest absolute Gasteiger partial charge is 0.216 e. The molecule has 0 spiro atoms. The highest BCUT2D eigenvalue weighted by Gasteiger charge is 2.07. The standard InChI is InChI=1S/C17H15BrN4OS/c1-2-23-15-9-8-12(10-14(15)18)11-19-22-16(20-21-17(22)24)13-6-4-3-5-7-13/h3-11H,2H2,1H3,(H,21,24)/b19-11-. The first-order chi connectivity index (χ1) is 11.7. The zero-order valence-corrected chi connectivity index (χ0v) is 15.3. The van der Waals surface area contributed by atoms with Gasteiger partial charge >= 0.3 is 0 Å². The molecule has 0 radical (unpaired) electrons. The predicted octanol–water partition coefficient (Wildman–Crippen LogP) is 4.65. The molecule has 2 aromatic carbocycles. The van der Waals surface area contributed by atoms with E-state index in [0.29, 0.717) is 17.2 Å². The minimum Gasteiger partial charge on any atom is -0.493 e. The summed E-state index contributed by atoms with van der Waals surface area (Å²) < 4.78 is 8.44. The Morgan fingerprint density at radius 2 is 2.08 bits per heavy atom. The lowest BCUT2D eigenvalue weighted by Crippen LogP contribution is -1.96. The van der Waals surface area contributed by atoms with Crippen molar-refractivity contribution in [2.45, 2.75) is 6.92 Å². The molecule has 1 N–H and O–H groups in total. The number of aromatic amines is 1. The van der Waals surface area contributed by atoms with E-state index in [-0.39, 0.29) is 0 Å². The van der Waals surface area contributed by atoms with Crippen molar-refractivity contribution >= 4 is 34.4 Å². The van der Waals surface area contributed by atoms with Crippen LogP contribution in [0.1, 0.15) is 12.5 Å². The molecule has 0 fully saturated rings. The highest BCUT2D eigenvalue weighted by atomic mass is 79.9. The first-order valence-electron chi connectivity index (χ1n) is 7.38. The second-order valence-electron chi connectivity index (χ2n) is 4.90. The van der Waals surface area contributed by atoms with E-state index in [1.165, 1.54) is 0 Å². The van der Waals surface area contributed by atoms with Crippen LogP contribution in [0.4, 0.5) is 0 Å². The fourth-order valence-corrected chi connectivity index (χ4v) is 2.86. The van der Waals surface area contributed by atoms with Crippen LogP contribution in [0.3, 0.4) is 0 Å². The first kappa shape index (κ1) is 16.6. The van der Waals surface area contributed by atoms with Crippen molar-refractivity contribution in [2.75, 3.05) is 6.61 Å². The summed E-state index contributed by atoms with van der Waals surface area (Å²) in [4.78, 5) is 0. The lowest BCUT2D eigenvalue weighted by atomic mass is 10.2. The summed E-state index contributed by atoms with van der Waals surface area (Å²) in [6.45, 7) is 2.57. The molecular weight excluding hydrogens is 388 g/mol. The van der Waals surface area contributed by atoms with E-state index in [4.69, 9.17) is 17.0 Å². The van der Waals surface area contributed by atoms with E-state index in [2.05, 4.69) is 31.2 Å². The minimum absolute atomic E-state index is 0.440. The van der Waals surface area contributed by atoms with Gasteiger partial charge in [-0.15, -0.1) is 0 Å². The number of nitrogens with one attached hydrogen (secondary N) is 1. The van der Waals surface area contributed by atoms with E-state index in [1.807, 2.05) is 55.5 Å². The van der Waals surface area contributed by atoms with Gasteiger partial charge in [0.15, 0.2) is 5.82 Å². The lowest BCUT2D eigenvalue weighted by Gasteiger charge is -2.06. The Hall–Kier alpha value is -2.25. The molecule has 3 aromatic rings. The molecule has 0 saturated heterocycles. The van der Waals surface area contributed by atoms with Gasteiger partial charge in [-0.2, -0.15) is 14.9 Å². The van der Waals surface area contributed by atoms with Gasteiger partial charge in [-0.1, -0.05) is 30.3 Å². The van der Waals surface area contributed by atoms with Gasteiger partial charge in [-0.25, -0.2) is 5.10 Å². The average Bonchev–Trinajstić information content (AvgIpc) is 2.97. The molecular formula is C17H15BrN4OS. The summed E-state index contributed by atoms with van der Waals surface area (Å²) in [5, 5.41) is 11.5. The molecule has 7 heteroatoms. The maximum atomic E-state index is 5.51. The number of rotatable bonds is 5. The van der Waals surface area contributed by atoms with Crippen LogP contribution >= 0.6 is 28.1 Å². The molecule has 3 rings (SSSR count). The number of aromatic nitrogens is 3. The number of benzene rings is 2. The third-order valence-electron chi connectivity index (χ3n) is 3.26. The van der Waals surface area contributed by atoms with Crippen LogP contribution in [0, 0.1) is 4.77 Å². The number of nitrogens with zero attached hydrogens (tertiary/aromatic N) is 3. The van der Waals surface area contributed by atoms with Crippen LogP contribution in [-0.2, 0) is 0 Å². The molecule has 0 bridgehead atoms. The lowest BCUT2D eigenvalue weighted by molar-refractivity contribution is 0.338. The van der Waals surface area contributed by atoms with Gasteiger partial charge in [0, 0.05) is 5.56 Å². The van der Waals surface area contributed by atoms with Crippen LogP contribution in [0.15, 0.2) is 58.1 Å². The third kappa shape index (κ3) is 3.63. The normalized spacial score (nSPS) is 11.1. The minimum atomic E-state index is 0.440. The average molecular weight is 403 g/mol. The van der Waals surface area contributed by atoms with Crippen molar-refractivity contribution in [3.8, 4) is 17.1 Å². The van der Waals surface area contributed by atoms with E-state index in [9.17, 15) is 0 Å². The van der Waals surface area contributed by atoms with E-state index in [0.717, 1.165) is 21.3 Å². The highest BCUT2D eigenvalue weighted by molar-refractivity contribution is 9.10. The quantitative estimate of drug-likeness (QED) is 0.498. The monoisotopic (exact) mass is 402 g/mol. The zero-order chi connectivity index (χ0) is 16.9. The molecule has 24 heavy (non-hydrogen) atoms. The van der Waals surface area contributed by atoms with Gasteiger partial charge in [0.1, 0.15) is 5.75 Å². The summed E-state index contributed by atoms with van der Waals surface area (Å²) in [7, 11) is 0. The second kappa shape index (κ2) is 7.55. The number of H-pyrrole nitrogens is 1. The Bertz CT molecular complexity index is 918. The van der Waals surface area contributed by atoms with Gasteiger partial charge in [0.05, 0.1) is 17.3 Å². The van der Waals surface area contributed by atoms with Crippen LogP contribution < -0.4 is 4.74 Å². The molecule has 0 aliphatic heterocycles. The number of hydrogen-bond acceptors (Lipinski definition) is 4. The van der Waals surface area contributed by atoms with Gasteiger partial charge in [0.25, 0.3) is 0 Å². The summed E-state index contributed by atoms with van der Waals surface area (Å²) in [6, 6.07) is 15.6. The van der Waals surface area contributed by atoms with Crippen LogP contribution in [-0.4, -0.2) is 27.7 Å². The van der Waals surface area contributed by atoms with Crippen molar-refractivity contribution in [2.24, 2.45) is 5.10 Å². The SMILES string of the molecule is CCOc1ccc(/C=N\n2c(-c3ccccc3)n[nH]c2=S)cc1Br. The van der Waals surface area contributed by atoms with E-state index < -0.39 is 0 Å².